The van der Waals surface area contributed by atoms with Crippen molar-refractivity contribution >= 4 is 5.84 Å². The molecule has 84 valence electrons. The van der Waals surface area contributed by atoms with E-state index in [2.05, 4.69) is 16.0 Å². The van der Waals surface area contributed by atoms with E-state index in [4.69, 9.17) is 17.6 Å². The van der Waals surface area contributed by atoms with Crippen LogP contribution in [0.2, 0.25) is 0 Å². The van der Waals surface area contributed by atoms with E-state index in [9.17, 15) is 0 Å². The van der Waals surface area contributed by atoms with Crippen LogP contribution in [0.5, 0.6) is 0 Å². The van der Waals surface area contributed by atoms with Crippen LogP contribution in [0.1, 0.15) is 5.56 Å². The first kappa shape index (κ1) is 10.9. The molecular weight excluding hydrogens is 214 g/mol. The van der Waals surface area contributed by atoms with Crippen LogP contribution in [-0.2, 0) is 6.54 Å². The smallest absolute Gasteiger partial charge is 0.126 e. The molecule has 0 aromatic carbocycles. The van der Waals surface area contributed by atoms with E-state index in [1.54, 1.807) is 23.3 Å². The van der Waals surface area contributed by atoms with Gasteiger partial charge in [0.05, 0.1) is 5.56 Å². The van der Waals surface area contributed by atoms with Gasteiger partial charge in [-0.2, -0.15) is 5.10 Å². The molecule has 0 radical (unpaired) electrons. The number of pyridine rings is 1. The average Bonchev–Trinajstić information content (AvgIpc) is 2.75. The number of nitrogens with zero attached hydrogens (tertiary/aromatic N) is 3. The Hall–Kier alpha value is -2.61. The van der Waals surface area contributed by atoms with Gasteiger partial charge >= 0.3 is 0 Å². The van der Waals surface area contributed by atoms with Crippen LogP contribution in [0.15, 0.2) is 30.7 Å². The maximum Gasteiger partial charge on any atom is 0.126 e. The Morgan fingerprint density at radius 2 is 2.18 bits per heavy atom. The minimum atomic E-state index is -0.0277. The van der Waals surface area contributed by atoms with Crippen LogP contribution in [0.4, 0.5) is 0 Å². The molecule has 2 rings (SSSR count). The summed E-state index contributed by atoms with van der Waals surface area (Å²) in [5, 5.41) is 11.8. The van der Waals surface area contributed by atoms with Gasteiger partial charge in [0, 0.05) is 24.2 Å². The summed E-state index contributed by atoms with van der Waals surface area (Å²) in [6.07, 6.45) is 10.2. The lowest BCUT2D eigenvalue weighted by Gasteiger charge is -1.99. The highest BCUT2D eigenvalue weighted by atomic mass is 15.3. The van der Waals surface area contributed by atoms with Crippen LogP contribution in [0, 0.1) is 17.8 Å². The predicted molar refractivity (Wildman–Crippen MR) is 65.3 cm³/mol. The van der Waals surface area contributed by atoms with E-state index >= 15 is 0 Å². The van der Waals surface area contributed by atoms with E-state index in [-0.39, 0.29) is 5.84 Å². The number of hydrogen-bond donors (Lipinski definition) is 2. The van der Waals surface area contributed by atoms with E-state index in [1.165, 1.54) is 0 Å². The topological polar surface area (TPSA) is 80.6 Å². The van der Waals surface area contributed by atoms with E-state index in [0.29, 0.717) is 17.8 Å². The van der Waals surface area contributed by atoms with Crippen molar-refractivity contribution in [2.45, 2.75) is 6.54 Å². The number of nitrogens with one attached hydrogen (secondary N) is 1. The van der Waals surface area contributed by atoms with Gasteiger partial charge in [-0.3, -0.25) is 15.1 Å². The summed E-state index contributed by atoms with van der Waals surface area (Å²) in [6.45, 7) is 0.353. The minimum Gasteiger partial charge on any atom is -0.384 e. The summed E-state index contributed by atoms with van der Waals surface area (Å²) < 4.78 is 1.59. The van der Waals surface area contributed by atoms with Crippen LogP contribution in [-0.4, -0.2) is 20.6 Å². The standard InChI is InChI=1S/C12H11N5/c1-2-7-17-8-10(12(13)14)11(16-17)9-3-5-15-6-4-9/h1,3-6,8H,7H2,(H3,13,14). The van der Waals surface area contributed by atoms with Gasteiger partial charge in [-0.25, -0.2) is 0 Å². The van der Waals surface area contributed by atoms with E-state index < -0.39 is 0 Å². The number of nitrogen functional groups attached to an aromatic ring is 1. The highest BCUT2D eigenvalue weighted by Crippen LogP contribution is 2.20. The van der Waals surface area contributed by atoms with E-state index in [1.807, 2.05) is 12.1 Å². The molecule has 0 aliphatic rings. The van der Waals surface area contributed by atoms with Gasteiger partial charge in [0.2, 0.25) is 0 Å². The quantitative estimate of drug-likeness (QED) is 0.462. The molecule has 2 heterocycles. The van der Waals surface area contributed by atoms with Gasteiger partial charge in [0.1, 0.15) is 18.1 Å². The fourth-order valence-electron chi connectivity index (χ4n) is 1.52. The largest absolute Gasteiger partial charge is 0.384 e. The highest BCUT2D eigenvalue weighted by Gasteiger charge is 2.12. The minimum absolute atomic E-state index is 0.0277. The Kier molecular flexibility index (Phi) is 2.88. The Balaban J connectivity index is 2.53. The summed E-state index contributed by atoms with van der Waals surface area (Å²) in [7, 11) is 0. The zero-order chi connectivity index (χ0) is 12.3. The molecular formula is C12H11N5. The number of amidine groups is 1. The van der Waals surface area contributed by atoms with Gasteiger partial charge < -0.3 is 5.73 Å². The van der Waals surface area contributed by atoms with E-state index in [0.717, 1.165) is 5.56 Å². The molecule has 5 nitrogen and oxygen atoms in total. The molecule has 0 spiro atoms. The van der Waals surface area contributed by atoms with Gasteiger partial charge in [0.15, 0.2) is 0 Å². The summed E-state index contributed by atoms with van der Waals surface area (Å²) in [5.41, 5.74) is 7.61. The summed E-state index contributed by atoms with van der Waals surface area (Å²) in [5.74, 6) is 2.46. The second-order valence-corrected chi connectivity index (χ2v) is 3.44. The first-order valence-electron chi connectivity index (χ1n) is 4.98. The van der Waals surface area contributed by atoms with Crippen molar-refractivity contribution in [1.29, 1.82) is 5.41 Å². The molecule has 3 N–H and O–H groups in total. The van der Waals surface area contributed by atoms with Gasteiger partial charge in [0.25, 0.3) is 0 Å². The molecule has 0 unspecified atom stereocenters. The molecule has 2 aromatic heterocycles. The lowest BCUT2D eigenvalue weighted by atomic mass is 10.1. The number of hydrogen-bond acceptors (Lipinski definition) is 3. The third-order valence-electron chi connectivity index (χ3n) is 2.26. The Labute approximate surface area is 98.8 Å². The lowest BCUT2D eigenvalue weighted by Crippen LogP contribution is -2.11. The predicted octanol–water partition coefficient (Wildman–Crippen LogP) is 0.862. The molecule has 0 saturated heterocycles. The van der Waals surface area contributed by atoms with Gasteiger partial charge in [-0.15, -0.1) is 6.42 Å². The molecule has 0 fully saturated rings. The van der Waals surface area contributed by atoms with Crippen molar-refractivity contribution in [3.63, 3.8) is 0 Å². The fraction of sp³-hybridized carbons (Fsp3) is 0.0833. The maximum atomic E-state index is 7.53. The molecule has 0 saturated carbocycles. The third-order valence-corrected chi connectivity index (χ3v) is 2.26. The first-order chi connectivity index (χ1) is 8.22. The Bertz CT molecular complexity index is 577. The molecule has 0 bridgehead atoms. The molecule has 0 atom stereocenters. The zero-order valence-corrected chi connectivity index (χ0v) is 9.09. The third kappa shape index (κ3) is 2.16. The van der Waals surface area contributed by atoms with Crippen LogP contribution in [0.3, 0.4) is 0 Å². The Morgan fingerprint density at radius 1 is 1.47 bits per heavy atom. The molecule has 0 aliphatic heterocycles. The number of rotatable bonds is 3. The number of nitrogens with two attached hydrogens (primary N) is 1. The second kappa shape index (κ2) is 4.49. The van der Waals surface area contributed by atoms with Crippen molar-refractivity contribution in [3.05, 3.63) is 36.3 Å². The number of terminal acetylenes is 1. The lowest BCUT2D eigenvalue weighted by molar-refractivity contribution is 0.718. The average molecular weight is 225 g/mol. The molecule has 0 aliphatic carbocycles. The van der Waals surface area contributed by atoms with Crippen LogP contribution < -0.4 is 5.73 Å². The summed E-state index contributed by atoms with van der Waals surface area (Å²) in [6, 6.07) is 3.63. The van der Waals surface area contributed by atoms with Crippen molar-refractivity contribution in [2.24, 2.45) is 5.73 Å². The zero-order valence-electron chi connectivity index (χ0n) is 9.09. The van der Waals surface area contributed by atoms with Crippen molar-refractivity contribution in [1.82, 2.24) is 14.8 Å². The van der Waals surface area contributed by atoms with Crippen LogP contribution in [0.25, 0.3) is 11.3 Å². The normalized spacial score (nSPS) is 9.82. The Morgan fingerprint density at radius 3 is 2.76 bits per heavy atom. The molecule has 5 heteroatoms. The monoisotopic (exact) mass is 225 g/mol. The summed E-state index contributed by atoms with van der Waals surface area (Å²) >= 11 is 0. The first-order valence-corrected chi connectivity index (χ1v) is 4.98. The second-order valence-electron chi connectivity index (χ2n) is 3.44. The van der Waals surface area contributed by atoms with Crippen molar-refractivity contribution in [3.8, 4) is 23.6 Å². The maximum absolute atomic E-state index is 7.53. The van der Waals surface area contributed by atoms with Crippen LogP contribution >= 0.6 is 0 Å². The van der Waals surface area contributed by atoms with Crippen molar-refractivity contribution in [2.75, 3.05) is 0 Å². The number of aromatic nitrogens is 3. The fourth-order valence-corrected chi connectivity index (χ4v) is 1.52. The summed E-state index contributed by atoms with van der Waals surface area (Å²) in [4.78, 5) is 3.94. The SMILES string of the molecule is C#CCn1cc(C(=N)N)c(-c2ccncc2)n1. The van der Waals surface area contributed by atoms with Gasteiger partial charge in [-0.1, -0.05) is 5.92 Å². The molecule has 2 aromatic rings. The van der Waals surface area contributed by atoms with Gasteiger partial charge in [-0.05, 0) is 12.1 Å². The highest BCUT2D eigenvalue weighted by molar-refractivity contribution is 6.00. The molecule has 17 heavy (non-hydrogen) atoms. The van der Waals surface area contributed by atoms with Crippen molar-refractivity contribution < 1.29 is 0 Å². The molecule has 0 amide bonds.